The number of guanidine groups is 4. The van der Waals surface area contributed by atoms with E-state index in [-0.39, 0.29) is 121 Å². The highest BCUT2D eigenvalue weighted by Crippen LogP contribution is 2.22. The van der Waals surface area contributed by atoms with E-state index < -0.39 is 120 Å². The number of nitrogens with zero attached hydrogens (tertiary/aromatic N) is 5. The van der Waals surface area contributed by atoms with E-state index in [9.17, 15) is 48.3 Å². The number of hydrogen-bond acceptors (Lipinski definition) is 14. The summed E-state index contributed by atoms with van der Waals surface area (Å²) in [5.74, 6) is -9.11. The van der Waals surface area contributed by atoms with E-state index in [2.05, 4.69) is 57.2 Å². The van der Waals surface area contributed by atoms with Crippen molar-refractivity contribution in [3.63, 3.8) is 0 Å². The van der Waals surface area contributed by atoms with Crippen LogP contribution in [0.5, 0.6) is 0 Å². The van der Waals surface area contributed by atoms with Crippen LogP contribution in [0.1, 0.15) is 96.0 Å². The zero-order valence-corrected chi connectivity index (χ0v) is 46.7. The normalized spacial score (nSPS) is 22.9. The Morgan fingerprint density at radius 2 is 0.904 bits per heavy atom. The van der Waals surface area contributed by atoms with Crippen molar-refractivity contribution in [2.24, 2.45) is 71.6 Å². The highest BCUT2D eigenvalue weighted by molar-refractivity contribution is 5.99. The number of nitrogens with one attached hydrogen (secondary N) is 7. The summed E-state index contributed by atoms with van der Waals surface area (Å²) in [6, 6.07) is 0.991. The molecule has 2 aliphatic heterocycles. The number of nitrogens with two attached hydrogens (primary N) is 9. The van der Waals surface area contributed by atoms with Gasteiger partial charge in [0, 0.05) is 45.6 Å². The number of hydrogen-bond donors (Lipinski definition) is 17. The number of carbonyl (C=O) groups excluding carboxylic acids is 9. The summed E-state index contributed by atoms with van der Waals surface area (Å²) < 4.78 is 0. The molecule has 9 amide bonds. The summed E-state index contributed by atoms with van der Waals surface area (Å²) in [5.41, 5.74) is 50.6. The largest absolute Gasteiger partial charge is 0.391 e. The van der Waals surface area contributed by atoms with Gasteiger partial charge in [-0.05, 0) is 100 Å². The van der Waals surface area contributed by atoms with E-state index >= 15 is 0 Å². The maximum Gasteiger partial charge on any atom is 0.248 e. The summed E-state index contributed by atoms with van der Waals surface area (Å²) in [7, 11) is 0. The topological polar surface area (TPSA) is 545 Å². The minimum Gasteiger partial charge on any atom is -0.391 e. The molecule has 2 fully saturated rings. The Kier molecular flexibility index (Phi) is 27.0. The van der Waals surface area contributed by atoms with Crippen molar-refractivity contribution in [2.45, 2.75) is 151 Å². The molecule has 31 nitrogen and oxygen atoms in total. The van der Waals surface area contributed by atoms with Gasteiger partial charge in [-0.3, -0.25) is 63.1 Å². The Hall–Kier alpha value is -9.03. The van der Waals surface area contributed by atoms with Crippen LogP contribution in [0.15, 0.2) is 62.4 Å². The molecule has 0 aliphatic carbocycles. The third kappa shape index (κ3) is 22.8. The van der Waals surface area contributed by atoms with Crippen LogP contribution < -0.4 is 88.8 Å². The van der Waals surface area contributed by atoms with E-state index in [4.69, 9.17) is 51.6 Å². The predicted molar refractivity (Wildman–Crippen MR) is 310 cm³/mol. The van der Waals surface area contributed by atoms with Gasteiger partial charge >= 0.3 is 0 Å². The van der Waals surface area contributed by atoms with Crippen LogP contribution in [0.2, 0.25) is 0 Å². The number of amides is 9. The second kappa shape index (κ2) is 33.7. The number of benzene rings is 2. The number of primary amides is 1. The van der Waals surface area contributed by atoms with Crippen LogP contribution >= 0.6 is 0 Å². The van der Waals surface area contributed by atoms with Crippen molar-refractivity contribution < 1.29 is 48.3 Å². The zero-order valence-electron chi connectivity index (χ0n) is 46.7. The molecule has 0 unspecified atom stereocenters. The van der Waals surface area contributed by atoms with Gasteiger partial charge in [0.1, 0.15) is 48.3 Å². The van der Waals surface area contributed by atoms with Gasteiger partial charge in [0.25, 0.3) is 0 Å². The molecule has 0 saturated carbocycles. The fourth-order valence-corrected chi connectivity index (χ4v) is 9.37. The molecule has 2 aromatic carbocycles. The lowest BCUT2D eigenvalue weighted by atomic mass is 9.97. The summed E-state index contributed by atoms with van der Waals surface area (Å²) >= 11 is 0. The lowest BCUT2D eigenvalue weighted by Gasteiger charge is -2.38. The van der Waals surface area contributed by atoms with Crippen LogP contribution in [0.25, 0.3) is 10.8 Å². The van der Waals surface area contributed by atoms with Crippen LogP contribution in [0.3, 0.4) is 0 Å². The van der Waals surface area contributed by atoms with Crippen molar-refractivity contribution in [2.75, 3.05) is 32.7 Å². The van der Waals surface area contributed by atoms with Crippen LogP contribution in [-0.4, -0.2) is 174 Å². The van der Waals surface area contributed by atoms with Gasteiger partial charge in [0.2, 0.25) is 53.2 Å². The second-order valence-corrected chi connectivity index (χ2v) is 20.3. The Balaban J connectivity index is 1.92. The monoisotopic (exact) mass is 1160 g/mol. The van der Waals surface area contributed by atoms with Gasteiger partial charge in [0.05, 0.1) is 6.10 Å². The number of fused-ring (bicyclic) bond motifs is 2. The fourth-order valence-electron chi connectivity index (χ4n) is 9.37. The molecule has 4 rings (SSSR count). The number of aliphatic hydroxyl groups is 1. The molecule has 2 aromatic rings. The van der Waals surface area contributed by atoms with Gasteiger partial charge in [-0.25, -0.2) is 0 Å². The summed E-state index contributed by atoms with van der Waals surface area (Å²) in [6.07, 6.45) is -1.89. The average molecular weight is 1160 g/mol. The van der Waals surface area contributed by atoms with Gasteiger partial charge in [-0.15, -0.1) is 0 Å². The van der Waals surface area contributed by atoms with Gasteiger partial charge in [-0.2, -0.15) is 0 Å². The number of carbonyl (C=O) groups is 9. The first-order chi connectivity index (χ1) is 39.4. The standard InChI is InChI=1S/C52H83N21O10/c1-28(74)40-48(83)73-25-5-4-16-38(73)47(82)71-37(27-29-17-18-30-10-2-3-11-31(30)26-29)46(81)69-34(14-8-23-64-51(58)59)42(77)66-33(13-7-22-63-50(56)57)43(78)70-36(19-20-39(53)75)44(79)67-32(12-6-21-62-49(54)55)41(76)68-35(45(80)72-40)15-9-24-65-52(60)61/h2-3,10-11,17-18,26,28,32-38,40,74H,4-9,12-16,19-25,27H2,1H3,(H2,53,75)(H,66,77)(H,67,79)(H,68,76)(H,69,81)(H,70,78)(H,71,82)(H,72,80)(H4,54,55,62)(H4,56,57,63)(H4,58,59,64)(H4,60,61,65)/t28-,32+,33+,34+,35+,36+,37+,38+,40-/m1/s1. The van der Waals surface area contributed by atoms with Gasteiger partial charge in [0.15, 0.2) is 23.8 Å². The first-order valence-electron chi connectivity index (χ1n) is 27.5. The van der Waals surface area contributed by atoms with Crippen molar-refractivity contribution >= 4 is 87.8 Å². The highest BCUT2D eigenvalue weighted by atomic mass is 16.3. The Morgan fingerprint density at radius 1 is 0.518 bits per heavy atom. The van der Waals surface area contributed by atoms with Crippen LogP contribution in [-0.2, 0) is 49.6 Å². The summed E-state index contributed by atoms with van der Waals surface area (Å²) in [6.45, 7) is 1.20. The molecule has 0 aromatic heterocycles. The second-order valence-electron chi connectivity index (χ2n) is 20.3. The molecule has 2 saturated heterocycles. The first-order valence-corrected chi connectivity index (χ1v) is 27.5. The van der Waals surface area contributed by atoms with E-state index in [1.54, 1.807) is 6.07 Å². The smallest absolute Gasteiger partial charge is 0.248 e. The molecule has 83 heavy (non-hydrogen) atoms. The van der Waals surface area contributed by atoms with Crippen molar-refractivity contribution in [1.82, 2.24) is 42.1 Å². The molecular formula is C52H83N21O10. The van der Waals surface area contributed by atoms with E-state index in [0.29, 0.717) is 18.4 Å². The average Bonchev–Trinajstić information content (AvgIpc) is 3.64. The lowest BCUT2D eigenvalue weighted by molar-refractivity contribution is -0.148. The third-order valence-corrected chi connectivity index (χ3v) is 13.6. The van der Waals surface area contributed by atoms with Crippen molar-refractivity contribution in [1.29, 1.82) is 0 Å². The maximum absolute atomic E-state index is 14.9. The first kappa shape index (κ1) is 66.5. The Morgan fingerprint density at radius 3 is 1.31 bits per heavy atom. The molecule has 0 bridgehead atoms. The molecule has 0 spiro atoms. The third-order valence-electron chi connectivity index (χ3n) is 13.6. The summed E-state index contributed by atoms with van der Waals surface area (Å²) in [5, 5.41) is 31.5. The quantitative estimate of drug-likeness (QED) is 0.0296. The van der Waals surface area contributed by atoms with E-state index in [1.165, 1.54) is 11.8 Å². The van der Waals surface area contributed by atoms with Crippen molar-refractivity contribution in [3.05, 3.63) is 48.0 Å². The number of aliphatic imine (C=N–C) groups is 4. The number of aliphatic hydroxyl groups excluding tert-OH is 1. The molecular weight excluding hydrogens is 1080 g/mol. The van der Waals surface area contributed by atoms with Crippen molar-refractivity contribution in [3.8, 4) is 0 Å². The molecule has 31 heteroatoms. The number of rotatable bonds is 22. The highest BCUT2D eigenvalue weighted by Gasteiger charge is 2.41. The maximum atomic E-state index is 14.9. The molecule has 2 heterocycles. The van der Waals surface area contributed by atoms with Crippen LogP contribution in [0.4, 0.5) is 0 Å². The minimum atomic E-state index is -1.70. The zero-order chi connectivity index (χ0) is 61.2. The minimum absolute atomic E-state index is 0.00334. The SMILES string of the molecule is C[C@@H](O)[C@H]1NC(=O)[C@H](CCCN=C(N)N)NC(=O)[C@H](CCCN=C(N)N)NC(=O)[C@H](CCC(N)=O)NC(=O)[C@H](CCCN=C(N)N)NC(=O)[C@H](CCCN=C(N)N)NC(=O)[C@H](Cc2ccc3ccccc3c2)NC(=O)[C@@H]2CCCCN2C1=O. The number of piperidine rings is 1. The molecule has 26 N–H and O–H groups in total. The van der Waals surface area contributed by atoms with Gasteiger partial charge in [-0.1, -0.05) is 42.5 Å². The summed E-state index contributed by atoms with van der Waals surface area (Å²) in [4.78, 5) is 146. The molecule has 0 radical (unpaired) electrons. The van der Waals surface area contributed by atoms with Gasteiger partial charge < -0.3 is 98.8 Å². The van der Waals surface area contributed by atoms with E-state index in [0.717, 1.165) is 10.8 Å². The van der Waals surface area contributed by atoms with E-state index in [1.807, 2.05) is 36.4 Å². The predicted octanol–water partition coefficient (Wildman–Crippen LogP) is -5.97. The molecule has 2 aliphatic rings. The molecule has 456 valence electrons. The Bertz CT molecular complexity index is 2700. The lowest BCUT2D eigenvalue weighted by Crippen LogP contribution is -2.64. The van der Waals surface area contributed by atoms with Crippen LogP contribution in [0, 0.1) is 0 Å². The Labute approximate surface area is 480 Å². The molecule has 9 atom stereocenters. The fraction of sp³-hybridized carbons (Fsp3) is 0.558.